The molecule has 2 aliphatic heterocycles. The van der Waals surface area contributed by atoms with Gasteiger partial charge in [0.15, 0.2) is 0 Å². The smallest absolute Gasteiger partial charge is 0.315 e. The number of ether oxygens (including phenoxy) is 4. The van der Waals surface area contributed by atoms with Gasteiger partial charge in [0.1, 0.15) is 19.8 Å². The molecule has 0 aromatic rings. The minimum Gasteiger partial charge on any atom is -0.463 e. The third-order valence-corrected chi connectivity index (χ3v) is 18.9. The normalized spacial score (nSPS) is 17.1. The Labute approximate surface area is 478 Å². The van der Waals surface area contributed by atoms with Crippen molar-refractivity contribution in [1.29, 1.82) is 0 Å². The van der Waals surface area contributed by atoms with Crippen molar-refractivity contribution in [2.75, 3.05) is 78.0 Å². The fourth-order valence-corrected chi connectivity index (χ4v) is 13.9. The largest absolute Gasteiger partial charge is 0.463 e. The van der Waals surface area contributed by atoms with Gasteiger partial charge in [0, 0.05) is 48.6 Å². The molecule has 2 rings (SSSR count). The molecule has 0 aliphatic carbocycles. The number of carbonyl (C=O) groups excluding carboxylic acids is 4. The number of urea groups is 1. The van der Waals surface area contributed by atoms with Crippen molar-refractivity contribution in [2.24, 2.45) is 0 Å². The van der Waals surface area contributed by atoms with Crippen LogP contribution in [0.5, 0.6) is 0 Å². The van der Waals surface area contributed by atoms with Crippen LogP contribution < -0.4 is 16.0 Å². The summed E-state index contributed by atoms with van der Waals surface area (Å²) in [5.41, 5.74) is 0. The van der Waals surface area contributed by atoms with Crippen molar-refractivity contribution in [3.05, 3.63) is 0 Å². The van der Waals surface area contributed by atoms with E-state index < -0.39 is 12.0 Å². The highest BCUT2D eigenvalue weighted by molar-refractivity contribution is 8.76. The number of fused-ring (bicyclic) bond motifs is 1. The Morgan fingerprint density at radius 1 is 0.566 bits per heavy atom. The molecular formula is C61H117N4O8S3+. The lowest BCUT2D eigenvalue weighted by molar-refractivity contribution is -0.870. The second-order valence-corrected chi connectivity index (χ2v) is 27.1. The van der Waals surface area contributed by atoms with Crippen LogP contribution in [0.25, 0.3) is 0 Å². The fraction of sp³-hybridized carbons (Fsp3) is 0.934. The highest BCUT2D eigenvalue weighted by atomic mass is 33.1. The Morgan fingerprint density at radius 3 is 1.58 bits per heavy atom. The number of thioether (sulfide) groups is 1. The highest BCUT2D eigenvalue weighted by Gasteiger charge is 2.42. The molecule has 0 saturated carbocycles. The highest BCUT2D eigenvalue weighted by Crippen LogP contribution is 2.33. The van der Waals surface area contributed by atoms with Gasteiger partial charge in [-0.2, -0.15) is 11.8 Å². The number of rotatable bonds is 56. The van der Waals surface area contributed by atoms with Gasteiger partial charge in [-0.3, -0.25) is 14.4 Å². The van der Waals surface area contributed by atoms with Crippen LogP contribution in [0, 0.1) is 0 Å². The molecule has 76 heavy (non-hydrogen) atoms. The molecule has 0 spiro atoms. The second kappa shape index (κ2) is 49.4. The predicted octanol–water partition coefficient (Wildman–Crippen LogP) is 15.1. The van der Waals surface area contributed by atoms with E-state index in [-0.39, 0.29) is 55.5 Å². The molecule has 1 unspecified atom stereocenters. The van der Waals surface area contributed by atoms with Gasteiger partial charge in [0.2, 0.25) is 5.91 Å². The van der Waals surface area contributed by atoms with Crippen molar-refractivity contribution in [2.45, 2.75) is 287 Å². The first kappa shape index (κ1) is 70.7. The van der Waals surface area contributed by atoms with Gasteiger partial charge in [-0.1, -0.05) is 234 Å². The SMILES string of the molecule is CCCCCCCCCCCCCCCCCCOCC(CSSC[C@@H](COC(=O)CCCC[C@@H]1SC[C@@H]2NC(=O)N[C@@H]21)NC(=O)CCC(=O)OCC[N+](C)(C)C)OCCCCCCCCCCCCCCCCCC. The van der Waals surface area contributed by atoms with Crippen molar-refractivity contribution in [1.82, 2.24) is 16.0 Å². The Bertz CT molecular complexity index is 1410. The van der Waals surface area contributed by atoms with Crippen LogP contribution in [0.3, 0.4) is 0 Å². The lowest BCUT2D eigenvalue weighted by Gasteiger charge is -2.23. The van der Waals surface area contributed by atoms with Crippen LogP contribution in [-0.4, -0.2) is 136 Å². The van der Waals surface area contributed by atoms with E-state index in [2.05, 4.69) is 29.8 Å². The van der Waals surface area contributed by atoms with E-state index in [0.717, 1.165) is 50.4 Å². The average molecular weight is 1130 g/mol. The summed E-state index contributed by atoms with van der Waals surface area (Å²) in [6.07, 6.45) is 45.9. The third-order valence-electron chi connectivity index (χ3n) is 14.9. The monoisotopic (exact) mass is 1130 g/mol. The molecule has 0 bridgehead atoms. The molecular weight excluding hydrogens is 1010 g/mol. The van der Waals surface area contributed by atoms with E-state index in [1.165, 1.54) is 193 Å². The van der Waals surface area contributed by atoms with Crippen LogP contribution >= 0.6 is 33.3 Å². The number of hydrogen-bond acceptors (Lipinski definition) is 11. The van der Waals surface area contributed by atoms with E-state index in [1.54, 1.807) is 21.6 Å². The molecule has 2 heterocycles. The molecule has 0 aromatic carbocycles. The number of unbranched alkanes of at least 4 members (excludes halogenated alkanes) is 31. The summed E-state index contributed by atoms with van der Waals surface area (Å²) in [6, 6.07) is -0.159. The van der Waals surface area contributed by atoms with Crippen LogP contribution in [0.4, 0.5) is 4.79 Å². The number of likely N-dealkylation sites (N-methyl/N-ethyl adjacent to an activating group) is 1. The summed E-state index contributed by atoms with van der Waals surface area (Å²) >= 11 is 1.88. The quantitative estimate of drug-likeness (QED) is 0.0176. The van der Waals surface area contributed by atoms with Gasteiger partial charge in [0.25, 0.3) is 0 Å². The molecule has 3 N–H and O–H groups in total. The Kier molecular flexibility index (Phi) is 46.0. The van der Waals surface area contributed by atoms with E-state index in [0.29, 0.717) is 48.1 Å². The van der Waals surface area contributed by atoms with Crippen molar-refractivity contribution in [3.63, 3.8) is 0 Å². The van der Waals surface area contributed by atoms with Crippen LogP contribution in [0.15, 0.2) is 0 Å². The number of esters is 2. The number of carbonyl (C=O) groups is 4. The number of nitrogens with one attached hydrogen (secondary N) is 3. The first-order valence-corrected chi connectivity index (χ1v) is 35.1. The molecule has 2 aliphatic rings. The standard InChI is InChI=1S/C61H116N4O8S3/c1-6-8-10-12-14-16-18-20-22-24-26-28-30-32-34-38-45-70-49-54(71-46-39-35-33-31-29-27-25-23-21-19-17-15-13-11-9-7-2)51-76-75-50-53(62-57(66)42-43-59(68)72-47-44-65(3,4)5)48-73-58(67)41-37-36-40-56-60-55(52-74-56)63-61(69)64-60/h53-56,60H,6-52H2,1-5H3,(H2-,62,63,64,66,69)/p+1/t53-,54?,55+,56+,60+/m1/s1. The summed E-state index contributed by atoms with van der Waals surface area (Å²) in [7, 11) is 9.46. The molecule has 2 fully saturated rings. The maximum Gasteiger partial charge on any atom is 0.315 e. The summed E-state index contributed by atoms with van der Waals surface area (Å²) in [4.78, 5) is 50.3. The van der Waals surface area contributed by atoms with Crippen LogP contribution in [-0.2, 0) is 33.3 Å². The van der Waals surface area contributed by atoms with Crippen molar-refractivity contribution >= 4 is 57.2 Å². The Hall–Kier alpha value is -1.39. The topological polar surface area (TPSA) is 141 Å². The lowest BCUT2D eigenvalue weighted by atomic mass is 10.0. The van der Waals surface area contributed by atoms with Gasteiger partial charge in [-0.15, -0.1) is 0 Å². The second-order valence-electron chi connectivity index (χ2n) is 23.3. The first-order valence-electron chi connectivity index (χ1n) is 31.5. The summed E-state index contributed by atoms with van der Waals surface area (Å²) in [6.45, 7) is 7.69. The zero-order valence-corrected chi connectivity index (χ0v) is 52.0. The molecule has 12 nitrogen and oxygen atoms in total. The van der Waals surface area contributed by atoms with Crippen molar-refractivity contribution < 1.29 is 42.6 Å². The summed E-state index contributed by atoms with van der Waals surface area (Å²) in [5.74, 6) is 1.26. The number of nitrogens with zero attached hydrogens (tertiary/aromatic N) is 1. The van der Waals surface area contributed by atoms with Crippen LogP contribution in [0.2, 0.25) is 0 Å². The molecule has 2 saturated heterocycles. The van der Waals surface area contributed by atoms with Crippen molar-refractivity contribution in [3.8, 4) is 0 Å². The van der Waals surface area contributed by atoms with E-state index >= 15 is 0 Å². The maximum absolute atomic E-state index is 13.1. The zero-order chi connectivity index (χ0) is 55.0. The molecule has 446 valence electrons. The number of quaternary nitrogens is 1. The minimum atomic E-state index is -0.413. The van der Waals surface area contributed by atoms with Gasteiger partial charge < -0.3 is 39.4 Å². The Morgan fingerprint density at radius 2 is 1.05 bits per heavy atom. The third kappa shape index (κ3) is 42.5. The number of amides is 3. The average Bonchev–Trinajstić information content (AvgIpc) is 3.96. The van der Waals surface area contributed by atoms with E-state index in [4.69, 9.17) is 18.9 Å². The molecule has 5 atom stereocenters. The van der Waals surface area contributed by atoms with Gasteiger partial charge in [0.05, 0.1) is 58.4 Å². The lowest BCUT2D eigenvalue weighted by Crippen LogP contribution is -2.41. The van der Waals surface area contributed by atoms with Gasteiger partial charge >= 0.3 is 18.0 Å². The molecule has 0 aromatic heterocycles. The fourth-order valence-electron chi connectivity index (χ4n) is 9.94. The molecule has 15 heteroatoms. The zero-order valence-electron chi connectivity index (χ0n) is 49.6. The van der Waals surface area contributed by atoms with Gasteiger partial charge in [-0.05, 0) is 25.7 Å². The molecule has 0 radical (unpaired) electrons. The maximum atomic E-state index is 13.1. The first-order chi connectivity index (χ1) is 37.0. The Balaban J connectivity index is 1.77. The van der Waals surface area contributed by atoms with E-state index in [1.807, 2.05) is 32.9 Å². The van der Waals surface area contributed by atoms with E-state index in [9.17, 15) is 19.2 Å². The van der Waals surface area contributed by atoms with Crippen LogP contribution in [0.1, 0.15) is 258 Å². The number of hydrogen-bond donors (Lipinski definition) is 3. The predicted molar refractivity (Wildman–Crippen MR) is 325 cm³/mol. The summed E-state index contributed by atoms with van der Waals surface area (Å²) < 4.78 is 24.5. The summed E-state index contributed by atoms with van der Waals surface area (Å²) in [5, 5.41) is 9.42. The molecule has 3 amide bonds. The van der Waals surface area contributed by atoms with Gasteiger partial charge in [-0.25, -0.2) is 4.79 Å². The minimum absolute atomic E-state index is 0.00410.